The fourth-order valence-corrected chi connectivity index (χ4v) is 2.10. The molecule has 0 radical (unpaired) electrons. The van der Waals surface area contributed by atoms with Crippen LogP contribution in [0.15, 0.2) is 23.0 Å². The van der Waals surface area contributed by atoms with E-state index in [0.717, 1.165) is 0 Å². The highest BCUT2D eigenvalue weighted by Gasteiger charge is 2.12. The highest BCUT2D eigenvalue weighted by atomic mass is 35.5. The highest BCUT2D eigenvalue weighted by molar-refractivity contribution is 6.31. The molecule has 2 rings (SSSR count). The standard InChI is InChI=1S/C14H12ClFN2O3/c1-7-9(3-5-12(19)20)14(21)18-13(17-7)8-2-4-11(16)10(15)6-8/h2,4,6H,3,5H2,1H3,(H,19,20)(H,17,18,21). The maximum Gasteiger partial charge on any atom is 0.303 e. The van der Waals surface area contributed by atoms with Gasteiger partial charge in [0.05, 0.1) is 5.02 Å². The van der Waals surface area contributed by atoms with Crippen LogP contribution in [0.2, 0.25) is 5.02 Å². The molecule has 0 spiro atoms. The van der Waals surface area contributed by atoms with E-state index in [2.05, 4.69) is 9.97 Å². The topological polar surface area (TPSA) is 83.0 Å². The second-order valence-corrected chi connectivity index (χ2v) is 4.91. The summed E-state index contributed by atoms with van der Waals surface area (Å²) < 4.78 is 13.1. The van der Waals surface area contributed by atoms with E-state index in [4.69, 9.17) is 16.7 Å². The van der Waals surface area contributed by atoms with E-state index in [0.29, 0.717) is 16.8 Å². The molecule has 0 fully saturated rings. The van der Waals surface area contributed by atoms with E-state index in [1.165, 1.54) is 18.2 Å². The maximum atomic E-state index is 13.1. The van der Waals surface area contributed by atoms with Gasteiger partial charge in [-0.15, -0.1) is 0 Å². The lowest BCUT2D eigenvalue weighted by molar-refractivity contribution is -0.136. The predicted molar refractivity (Wildman–Crippen MR) is 76.0 cm³/mol. The largest absolute Gasteiger partial charge is 0.481 e. The minimum Gasteiger partial charge on any atom is -0.481 e. The molecule has 1 heterocycles. The van der Waals surface area contributed by atoms with Crippen LogP contribution in [0.4, 0.5) is 4.39 Å². The van der Waals surface area contributed by atoms with Gasteiger partial charge in [-0.1, -0.05) is 11.6 Å². The van der Waals surface area contributed by atoms with Crippen molar-refractivity contribution in [2.75, 3.05) is 0 Å². The van der Waals surface area contributed by atoms with Gasteiger partial charge >= 0.3 is 5.97 Å². The normalized spacial score (nSPS) is 10.6. The lowest BCUT2D eigenvalue weighted by Gasteiger charge is -2.07. The SMILES string of the molecule is Cc1nc(-c2ccc(F)c(Cl)c2)[nH]c(=O)c1CCC(=O)O. The van der Waals surface area contributed by atoms with Crippen molar-refractivity contribution in [1.29, 1.82) is 0 Å². The number of aromatic amines is 1. The summed E-state index contributed by atoms with van der Waals surface area (Å²) in [6.07, 6.45) is -0.0404. The number of aromatic nitrogens is 2. The third-order valence-corrected chi connectivity index (χ3v) is 3.29. The van der Waals surface area contributed by atoms with E-state index in [9.17, 15) is 14.0 Å². The fourth-order valence-electron chi connectivity index (χ4n) is 1.92. The van der Waals surface area contributed by atoms with Gasteiger partial charge in [0, 0.05) is 23.2 Å². The Morgan fingerprint density at radius 3 is 2.76 bits per heavy atom. The van der Waals surface area contributed by atoms with E-state index >= 15 is 0 Å². The van der Waals surface area contributed by atoms with Crippen LogP contribution in [0, 0.1) is 12.7 Å². The van der Waals surface area contributed by atoms with Gasteiger partial charge in [-0.3, -0.25) is 9.59 Å². The summed E-state index contributed by atoms with van der Waals surface area (Å²) >= 11 is 5.70. The predicted octanol–water partition coefficient (Wildman–Crippen LogP) is 2.56. The van der Waals surface area contributed by atoms with Crippen LogP contribution in [0.1, 0.15) is 17.7 Å². The number of nitrogens with one attached hydrogen (secondary N) is 1. The van der Waals surface area contributed by atoms with Crippen molar-refractivity contribution in [3.05, 3.63) is 50.7 Å². The van der Waals surface area contributed by atoms with Crippen molar-refractivity contribution in [1.82, 2.24) is 9.97 Å². The van der Waals surface area contributed by atoms with Gasteiger partial charge in [0.15, 0.2) is 0 Å². The molecule has 0 saturated heterocycles. The molecule has 7 heteroatoms. The van der Waals surface area contributed by atoms with Gasteiger partial charge < -0.3 is 10.1 Å². The van der Waals surface area contributed by atoms with Crippen molar-refractivity contribution in [3.8, 4) is 11.4 Å². The smallest absolute Gasteiger partial charge is 0.303 e. The number of H-pyrrole nitrogens is 1. The van der Waals surface area contributed by atoms with Crippen LogP contribution in [-0.2, 0) is 11.2 Å². The quantitative estimate of drug-likeness (QED) is 0.909. The molecule has 0 bridgehead atoms. The van der Waals surface area contributed by atoms with E-state index in [1.54, 1.807) is 6.92 Å². The van der Waals surface area contributed by atoms with Gasteiger partial charge in [0.1, 0.15) is 11.6 Å². The Balaban J connectivity index is 2.41. The van der Waals surface area contributed by atoms with Crippen molar-refractivity contribution >= 4 is 17.6 Å². The Hall–Kier alpha value is -2.21. The molecule has 0 aliphatic heterocycles. The zero-order valence-electron chi connectivity index (χ0n) is 11.1. The number of halogens is 2. The first-order valence-electron chi connectivity index (χ1n) is 6.15. The summed E-state index contributed by atoms with van der Waals surface area (Å²) in [6.45, 7) is 1.63. The summed E-state index contributed by atoms with van der Waals surface area (Å²) in [5, 5.41) is 8.60. The van der Waals surface area contributed by atoms with Crippen LogP contribution in [0.3, 0.4) is 0 Å². The van der Waals surface area contributed by atoms with Gasteiger partial charge in [0.25, 0.3) is 5.56 Å². The Bertz CT molecular complexity index is 758. The van der Waals surface area contributed by atoms with Crippen LogP contribution in [0.25, 0.3) is 11.4 Å². The average molecular weight is 311 g/mol. The highest BCUT2D eigenvalue weighted by Crippen LogP contribution is 2.22. The molecule has 2 N–H and O–H groups in total. The second-order valence-electron chi connectivity index (χ2n) is 4.50. The van der Waals surface area contributed by atoms with Crippen LogP contribution in [-0.4, -0.2) is 21.0 Å². The third kappa shape index (κ3) is 3.46. The van der Waals surface area contributed by atoms with Gasteiger partial charge in [-0.05, 0) is 31.5 Å². The molecule has 0 aliphatic carbocycles. The maximum absolute atomic E-state index is 13.1. The Morgan fingerprint density at radius 2 is 2.19 bits per heavy atom. The number of hydrogen-bond donors (Lipinski definition) is 2. The molecule has 110 valence electrons. The summed E-state index contributed by atoms with van der Waals surface area (Å²) in [4.78, 5) is 29.4. The Morgan fingerprint density at radius 1 is 1.48 bits per heavy atom. The van der Waals surface area contributed by atoms with E-state index in [1.807, 2.05) is 0 Å². The molecule has 21 heavy (non-hydrogen) atoms. The fraction of sp³-hybridized carbons (Fsp3) is 0.214. The molecule has 2 aromatic rings. The summed E-state index contributed by atoms with van der Waals surface area (Å²) in [5.41, 5.74) is 0.843. The molecule has 0 saturated carbocycles. The first kappa shape index (κ1) is 15.2. The summed E-state index contributed by atoms with van der Waals surface area (Å²) in [5.74, 6) is -1.28. The molecule has 0 amide bonds. The number of benzene rings is 1. The zero-order valence-corrected chi connectivity index (χ0v) is 11.9. The number of aryl methyl sites for hydroxylation is 1. The number of carbonyl (C=O) groups is 1. The first-order chi connectivity index (χ1) is 9.88. The Labute approximate surface area is 124 Å². The molecule has 0 unspecified atom stereocenters. The average Bonchev–Trinajstić information content (AvgIpc) is 2.40. The number of carboxylic acid groups (broad SMARTS) is 1. The lowest BCUT2D eigenvalue weighted by atomic mass is 10.1. The second kappa shape index (κ2) is 6.05. The molecular weight excluding hydrogens is 299 g/mol. The molecule has 1 aromatic heterocycles. The van der Waals surface area contributed by atoms with Crippen molar-refractivity contribution in [3.63, 3.8) is 0 Å². The van der Waals surface area contributed by atoms with Gasteiger partial charge in [-0.2, -0.15) is 0 Å². The van der Waals surface area contributed by atoms with E-state index < -0.39 is 17.3 Å². The lowest BCUT2D eigenvalue weighted by Crippen LogP contribution is -2.18. The summed E-state index contributed by atoms with van der Waals surface area (Å²) in [7, 11) is 0. The monoisotopic (exact) mass is 310 g/mol. The van der Waals surface area contributed by atoms with Crippen LogP contribution < -0.4 is 5.56 Å². The van der Waals surface area contributed by atoms with Crippen LogP contribution >= 0.6 is 11.6 Å². The third-order valence-electron chi connectivity index (χ3n) is 3.00. The number of carboxylic acids is 1. The number of aliphatic carboxylic acids is 1. The summed E-state index contributed by atoms with van der Waals surface area (Å²) in [6, 6.07) is 4.01. The van der Waals surface area contributed by atoms with Gasteiger partial charge in [-0.25, -0.2) is 9.37 Å². The molecule has 5 nitrogen and oxygen atoms in total. The Kier molecular flexibility index (Phi) is 4.37. The first-order valence-corrected chi connectivity index (χ1v) is 6.53. The van der Waals surface area contributed by atoms with E-state index in [-0.39, 0.29) is 23.7 Å². The van der Waals surface area contributed by atoms with Crippen molar-refractivity contribution < 1.29 is 14.3 Å². The molecular formula is C14H12ClFN2O3. The van der Waals surface area contributed by atoms with Gasteiger partial charge in [0.2, 0.25) is 0 Å². The zero-order chi connectivity index (χ0) is 15.6. The molecule has 0 atom stereocenters. The number of rotatable bonds is 4. The van der Waals surface area contributed by atoms with Crippen LogP contribution in [0.5, 0.6) is 0 Å². The van der Waals surface area contributed by atoms with Crippen molar-refractivity contribution in [2.24, 2.45) is 0 Å². The number of hydrogen-bond acceptors (Lipinski definition) is 3. The van der Waals surface area contributed by atoms with Crippen molar-refractivity contribution in [2.45, 2.75) is 19.8 Å². The minimum absolute atomic E-state index is 0.0669. The number of nitrogens with zero attached hydrogens (tertiary/aromatic N) is 1. The minimum atomic E-state index is -0.983. The molecule has 1 aromatic carbocycles. The molecule has 0 aliphatic rings.